The lowest BCUT2D eigenvalue weighted by molar-refractivity contribution is 0.0706. The van der Waals surface area contributed by atoms with E-state index in [1.165, 1.54) is 21.5 Å². The van der Waals surface area contributed by atoms with Gasteiger partial charge in [0.05, 0.1) is 0 Å². The molecule has 2 N–H and O–H groups in total. The van der Waals surface area contributed by atoms with E-state index in [9.17, 15) is 4.79 Å². The summed E-state index contributed by atoms with van der Waals surface area (Å²) in [6.45, 7) is 2.99. The monoisotopic (exact) mass is 353 g/mol. The number of hydrogen-bond acceptors (Lipinski definition) is 4. The molecular weight excluding hydrogens is 334 g/mol. The maximum Gasteiger partial charge on any atom is 0.274 e. The highest BCUT2D eigenvalue weighted by Crippen LogP contribution is 2.40. The van der Waals surface area contributed by atoms with Gasteiger partial charge in [-0.15, -0.1) is 0 Å². The predicted molar refractivity (Wildman–Crippen MR) is 98.1 cm³/mol. The van der Waals surface area contributed by atoms with Crippen molar-refractivity contribution in [3.05, 3.63) is 59.8 Å². The van der Waals surface area contributed by atoms with E-state index in [4.69, 9.17) is 5.21 Å². The number of para-hydroxylation sites is 1. The van der Waals surface area contributed by atoms with Gasteiger partial charge in [-0.3, -0.25) is 14.9 Å². The Morgan fingerprint density at radius 1 is 1.12 bits per heavy atom. The number of likely N-dealkylation sites (N-methyl/N-ethyl adjacent to an activating group) is 1. The number of aromatic nitrogens is 1. The summed E-state index contributed by atoms with van der Waals surface area (Å²) < 4.78 is 2.42. The Balaban J connectivity index is 1.74. The summed E-state index contributed by atoms with van der Waals surface area (Å²) in [5.41, 5.74) is 4.73. The minimum absolute atomic E-state index is 0.440. The van der Waals surface area contributed by atoms with Crippen molar-refractivity contribution >= 4 is 28.6 Å². The average molecular weight is 353 g/mol. The summed E-state index contributed by atoms with van der Waals surface area (Å²) in [5.74, 6) is -0.495. The molecule has 0 fully saturated rings. The Bertz CT molecular complexity index is 934. The maximum absolute atomic E-state index is 11.5. The van der Waals surface area contributed by atoms with Crippen LogP contribution in [0.3, 0.4) is 0 Å². The molecule has 0 aliphatic carbocycles. The smallest absolute Gasteiger partial charge is 0.274 e. The maximum atomic E-state index is 11.5. The average Bonchev–Trinajstić information content (AvgIpc) is 2.95. The summed E-state index contributed by atoms with van der Waals surface area (Å²) in [6.07, 6.45) is 0. The molecule has 4 rings (SSSR count). The zero-order valence-electron chi connectivity index (χ0n) is 13.9. The number of amides is 1. The fraction of sp³-hybridized carbons (Fsp3) is 0.211. The van der Waals surface area contributed by atoms with E-state index >= 15 is 0 Å². The van der Waals surface area contributed by atoms with Crippen molar-refractivity contribution in [3.63, 3.8) is 0 Å². The lowest BCUT2D eigenvalue weighted by Crippen LogP contribution is -2.30. The number of benzene rings is 2. The number of nitrogens with zero attached hydrogens (tertiary/aromatic N) is 2. The quantitative estimate of drug-likeness (QED) is 0.560. The first-order valence-corrected chi connectivity index (χ1v) is 9.00. The highest BCUT2D eigenvalue weighted by Gasteiger charge is 2.22. The van der Waals surface area contributed by atoms with E-state index in [-0.39, 0.29) is 0 Å². The molecule has 0 saturated heterocycles. The minimum Gasteiger partial charge on any atom is -0.341 e. The Kier molecular flexibility index (Phi) is 4.25. The first-order chi connectivity index (χ1) is 12.2. The van der Waals surface area contributed by atoms with Crippen LogP contribution in [0.25, 0.3) is 10.9 Å². The topological polar surface area (TPSA) is 57.5 Å². The van der Waals surface area contributed by atoms with Gasteiger partial charge in [-0.05, 0) is 37.4 Å². The molecule has 2 aromatic carbocycles. The standard InChI is InChI=1S/C19H19N3O2S/c1-21-10-11-22-16-5-3-2-4-15(16)18(17(22)12-21)25-14-8-6-13(7-9-14)19(23)20-24/h2-9,24H,10-12H2,1H3,(H,20,23). The first-order valence-electron chi connectivity index (χ1n) is 8.18. The lowest BCUT2D eigenvalue weighted by Gasteiger charge is -2.26. The van der Waals surface area contributed by atoms with Crippen LogP contribution in [0.15, 0.2) is 58.3 Å². The van der Waals surface area contributed by atoms with Crippen LogP contribution in [-0.4, -0.2) is 34.2 Å². The van der Waals surface area contributed by atoms with Gasteiger partial charge in [0.15, 0.2) is 0 Å². The molecule has 0 radical (unpaired) electrons. The SMILES string of the molecule is CN1CCn2c(c(Sc3ccc(C(=O)NO)cc3)c3ccccc32)C1. The Hall–Kier alpha value is -2.28. The van der Waals surface area contributed by atoms with E-state index < -0.39 is 5.91 Å². The van der Waals surface area contributed by atoms with Crippen LogP contribution in [0, 0.1) is 0 Å². The van der Waals surface area contributed by atoms with Gasteiger partial charge in [0.1, 0.15) is 0 Å². The van der Waals surface area contributed by atoms with Crippen molar-refractivity contribution in [1.29, 1.82) is 0 Å². The zero-order valence-corrected chi connectivity index (χ0v) is 14.7. The third-order valence-electron chi connectivity index (χ3n) is 4.59. The van der Waals surface area contributed by atoms with Crippen LogP contribution in [0.2, 0.25) is 0 Å². The van der Waals surface area contributed by atoms with Gasteiger partial charge in [0.25, 0.3) is 5.91 Å². The van der Waals surface area contributed by atoms with Gasteiger partial charge < -0.3 is 4.57 Å². The fourth-order valence-electron chi connectivity index (χ4n) is 3.31. The third kappa shape index (κ3) is 2.93. The summed E-state index contributed by atoms with van der Waals surface area (Å²) in [4.78, 5) is 16.2. The minimum atomic E-state index is -0.495. The third-order valence-corrected chi connectivity index (χ3v) is 5.76. The van der Waals surface area contributed by atoms with Gasteiger partial charge >= 0.3 is 0 Å². The number of carbonyl (C=O) groups is 1. The number of fused-ring (bicyclic) bond motifs is 3. The van der Waals surface area contributed by atoms with E-state index in [0.29, 0.717) is 5.56 Å². The number of hydroxylamine groups is 1. The summed E-state index contributed by atoms with van der Waals surface area (Å²) >= 11 is 1.73. The van der Waals surface area contributed by atoms with Crippen LogP contribution < -0.4 is 5.48 Å². The van der Waals surface area contributed by atoms with Crippen LogP contribution in [0.5, 0.6) is 0 Å². The molecule has 25 heavy (non-hydrogen) atoms. The first kappa shape index (κ1) is 16.2. The van der Waals surface area contributed by atoms with E-state index in [1.807, 2.05) is 12.1 Å². The molecule has 6 heteroatoms. The molecule has 1 aromatic heterocycles. The fourth-order valence-corrected chi connectivity index (χ4v) is 4.40. The van der Waals surface area contributed by atoms with E-state index in [0.717, 1.165) is 24.5 Å². The number of hydrogen-bond donors (Lipinski definition) is 2. The molecule has 1 aliphatic heterocycles. The summed E-state index contributed by atoms with van der Waals surface area (Å²) in [6, 6.07) is 15.8. The van der Waals surface area contributed by atoms with Crippen LogP contribution >= 0.6 is 11.8 Å². The van der Waals surface area contributed by atoms with Gasteiger partial charge in [-0.2, -0.15) is 0 Å². The van der Waals surface area contributed by atoms with Gasteiger partial charge in [0, 0.05) is 51.6 Å². The normalized spacial score (nSPS) is 14.5. The van der Waals surface area contributed by atoms with E-state index in [2.05, 4.69) is 40.8 Å². The molecule has 5 nitrogen and oxygen atoms in total. The van der Waals surface area contributed by atoms with Crippen molar-refractivity contribution in [1.82, 2.24) is 14.9 Å². The second-order valence-electron chi connectivity index (χ2n) is 6.25. The second kappa shape index (κ2) is 6.55. The van der Waals surface area contributed by atoms with E-state index in [1.54, 1.807) is 29.4 Å². The van der Waals surface area contributed by atoms with Crippen molar-refractivity contribution in [3.8, 4) is 0 Å². The highest BCUT2D eigenvalue weighted by atomic mass is 32.2. The molecule has 0 bridgehead atoms. The Morgan fingerprint density at radius 3 is 2.64 bits per heavy atom. The number of rotatable bonds is 3. The van der Waals surface area contributed by atoms with Crippen molar-refractivity contribution in [2.24, 2.45) is 0 Å². The van der Waals surface area contributed by atoms with Gasteiger partial charge in [-0.1, -0.05) is 30.0 Å². The van der Waals surface area contributed by atoms with Crippen molar-refractivity contribution in [2.75, 3.05) is 13.6 Å². The Morgan fingerprint density at radius 2 is 1.88 bits per heavy atom. The lowest BCUT2D eigenvalue weighted by atomic mass is 10.2. The van der Waals surface area contributed by atoms with Crippen LogP contribution in [0.1, 0.15) is 16.1 Å². The molecular formula is C19H19N3O2S. The van der Waals surface area contributed by atoms with Crippen molar-refractivity contribution < 1.29 is 10.0 Å². The van der Waals surface area contributed by atoms with Gasteiger partial charge in [-0.25, -0.2) is 5.48 Å². The molecule has 1 amide bonds. The predicted octanol–water partition coefficient (Wildman–Crippen LogP) is 3.36. The molecule has 2 heterocycles. The molecule has 0 atom stereocenters. The van der Waals surface area contributed by atoms with Crippen LogP contribution in [0.4, 0.5) is 0 Å². The summed E-state index contributed by atoms with van der Waals surface area (Å²) in [5, 5.41) is 10.0. The zero-order chi connectivity index (χ0) is 17.4. The van der Waals surface area contributed by atoms with Crippen LogP contribution in [-0.2, 0) is 13.1 Å². The second-order valence-corrected chi connectivity index (χ2v) is 7.33. The number of carbonyl (C=O) groups excluding carboxylic acids is 1. The number of nitrogens with one attached hydrogen (secondary N) is 1. The molecule has 0 unspecified atom stereocenters. The molecule has 1 aliphatic rings. The highest BCUT2D eigenvalue weighted by molar-refractivity contribution is 7.99. The molecule has 3 aromatic rings. The largest absolute Gasteiger partial charge is 0.341 e. The Labute approximate surface area is 150 Å². The summed E-state index contributed by atoms with van der Waals surface area (Å²) in [7, 11) is 2.15. The molecule has 0 saturated carbocycles. The van der Waals surface area contributed by atoms with Gasteiger partial charge in [0.2, 0.25) is 0 Å². The molecule has 128 valence electrons. The molecule has 0 spiro atoms. The van der Waals surface area contributed by atoms with Crippen molar-refractivity contribution in [2.45, 2.75) is 22.9 Å².